The summed E-state index contributed by atoms with van der Waals surface area (Å²) < 4.78 is 46.6. The SMILES string of the molecule is CC1=CS(=O)(=O)C[C@@H]1SC(=S)N(C)[C@@H]1CCS(=O)(=O)C1. The van der Waals surface area contributed by atoms with Gasteiger partial charge in [0.1, 0.15) is 4.32 Å². The van der Waals surface area contributed by atoms with Crippen molar-refractivity contribution in [3.8, 4) is 0 Å². The van der Waals surface area contributed by atoms with Crippen LogP contribution in [0.3, 0.4) is 0 Å². The van der Waals surface area contributed by atoms with Gasteiger partial charge in [0, 0.05) is 23.7 Å². The van der Waals surface area contributed by atoms with Gasteiger partial charge in [0.05, 0.1) is 17.3 Å². The minimum Gasteiger partial charge on any atom is -0.357 e. The average molecular weight is 356 g/mol. The van der Waals surface area contributed by atoms with Crippen molar-refractivity contribution in [2.75, 3.05) is 24.3 Å². The van der Waals surface area contributed by atoms with Crippen LogP contribution in [-0.4, -0.2) is 61.7 Å². The van der Waals surface area contributed by atoms with Gasteiger partial charge in [0.25, 0.3) is 0 Å². The minimum absolute atomic E-state index is 0.0699. The van der Waals surface area contributed by atoms with Crippen LogP contribution in [-0.2, 0) is 19.7 Å². The summed E-state index contributed by atoms with van der Waals surface area (Å²) in [6, 6.07) is -0.0951. The highest BCUT2D eigenvalue weighted by atomic mass is 32.2. The molecule has 2 atom stereocenters. The van der Waals surface area contributed by atoms with E-state index < -0.39 is 19.7 Å². The number of hydrogen-bond donors (Lipinski definition) is 0. The molecule has 5 nitrogen and oxygen atoms in total. The van der Waals surface area contributed by atoms with Crippen LogP contribution in [0.2, 0.25) is 0 Å². The van der Waals surface area contributed by atoms with Crippen molar-refractivity contribution in [2.45, 2.75) is 24.6 Å². The molecule has 0 unspecified atom stereocenters. The Morgan fingerprint density at radius 2 is 2.00 bits per heavy atom. The Morgan fingerprint density at radius 3 is 2.45 bits per heavy atom. The average Bonchev–Trinajstić information content (AvgIpc) is 2.77. The van der Waals surface area contributed by atoms with Crippen LogP contribution in [0.4, 0.5) is 0 Å². The lowest BCUT2D eigenvalue weighted by molar-refractivity contribution is 0.409. The second kappa shape index (κ2) is 5.58. The van der Waals surface area contributed by atoms with E-state index in [-0.39, 0.29) is 28.6 Å². The topological polar surface area (TPSA) is 71.5 Å². The van der Waals surface area contributed by atoms with E-state index in [4.69, 9.17) is 12.2 Å². The van der Waals surface area contributed by atoms with Crippen molar-refractivity contribution in [3.05, 3.63) is 11.0 Å². The van der Waals surface area contributed by atoms with Crippen LogP contribution in [0.5, 0.6) is 0 Å². The Morgan fingerprint density at radius 1 is 1.35 bits per heavy atom. The summed E-state index contributed by atoms with van der Waals surface area (Å²) in [6.07, 6.45) is 0.581. The lowest BCUT2D eigenvalue weighted by atomic mass is 10.2. The molecule has 1 saturated heterocycles. The van der Waals surface area contributed by atoms with Gasteiger partial charge in [0.15, 0.2) is 19.7 Å². The van der Waals surface area contributed by atoms with Gasteiger partial charge in [-0.2, -0.15) is 0 Å². The van der Waals surface area contributed by atoms with Crippen LogP contribution in [0.15, 0.2) is 11.0 Å². The molecule has 0 bridgehead atoms. The smallest absolute Gasteiger partial charge is 0.173 e. The molecule has 0 aromatic carbocycles. The van der Waals surface area contributed by atoms with E-state index in [1.54, 1.807) is 18.9 Å². The van der Waals surface area contributed by atoms with Gasteiger partial charge in [-0.1, -0.05) is 24.0 Å². The van der Waals surface area contributed by atoms with Crippen LogP contribution in [0, 0.1) is 0 Å². The fourth-order valence-corrected chi connectivity index (χ4v) is 7.84. The van der Waals surface area contributed by atoms with Crippen molar-refractivity contribution in [3.63, 3.8) is 0 Å². The molecule has 2 aliphatic heterocycles. The minimum atomic E-state index is -3.11. The third-order valence-corrected chi connectivity index (χ3v) is 8.92. The molecule has 0 aromatic heterocycles. The lowest BCUT2D eigenvalue weighted by Gasteiger charge is -2.27. The number of thiocarbonyl (C=S) groups is 1. The first kappa shape index (κ1) is 16.3. The molecule has 0 aromatic rings. The molecule has 0 N–H and O–H groups in total. The number of hydrogen-bond acceptors (Lipinski definition) is 6. The van der Waals surface area contributed by atoms with Crippen molar-refractivity contribution < 1.29 is 16.8 Å². The molecule has 0 amide bonds. The zero-order chi connectivity index (χ0) is 15.1. The second-order valence-corrected chi connectivity index (χ2v) is 11.2. The summed E-state index contributed by atoms with van der Waals surface area (Å²) in [5, 5.41) is 1.14. The molecule has 9 heteroatoms. The van der Waals surface area contributed by atoms with Crippen molar-refractivity contribution >= 4 is 48.0 Å². The van der Waals surface area contributed by atoms with Gasteiger partial charge in [-0.25, -0.2) is 16.8 Å². The highest BCUT2D eigenvalue weighted by Gasteiger charge is 2.34. The first-order valence-corrected chi connectivity index (χ1v) is 11.0. The number of rotatable bonds is 2. The molecule has 2 heterocycles. The summed E-state index contributed by atoms with van der Waals surface area (Å²) in [5.74, 6) is 0.397. The van der Waals surface area contributed by atoms with E-state index in [1.807, 2.05) is 0 Å². The van der Waals surface area contributed by atoms with E-state index in [9.17, 15) is 16.8 Å². The molecule has 0 radical (unpaired) electrons. The Labute approximate surface area is 129 Å². The van der Waals surface area contributed by atoms with Gasteiger partial charge in [-0.05, 0) is 18.9 Å². The molecule has 2 aliphatic rings. The van der Waals surface area contributed by atoms with Crippen molar-refractivity contribution in [2.24, 2.45) is 0 Å². The third-order valence-electron chi connectivity index (χ3n) is 3.54. The maximum Gasteiger partial charge on any atom is 0.173 e. The zero-order valence-electron chi connectivity index (χ0n) is 11.3. The molecule has 1 fully saturated rings. The molecule has 0 spiro atoms. The lowest BCUT2D eigenvalue weighted by Crippen LogP contribution is -2.36. The van der Waals surface area contributed by atoms with Gasteiger partial charge in [0.2, 0.25) is 0 Å². The summed E-state index contributed by atoms with van der Waals surface area (Å²) >= 11 is 6.65. The fourth-order valence-electron chi connectivity index (χ4n) is 2.31. The first-order chi connectivity index (χ1) is 9.10. The zero-order valence-corrected chi connectivity index (χ0v) is 14.5. The predicted molar refractivity (Wildman–Crippen MR) is 86.3 cm³/mol. The van der Waals surface area contributed by atoms with Crippen LogP contribution >= 0.6 is 24.0 Å². The fraction of sp³-hybridized carbons (Fsp3) is 0.727. The molecule has 0 aliphatic carbocycles. The van der Waals surface area contributed by atoms with E-state index >= 15 is 0 Å². The highest BCUT2D eigenvalue weighted by molar-refractivity contribution is 8.23. The standard InChI is InChI=1S/C11H17NO4S4/c1-8-5-20(15,16)7-10(8)18-11(17)12(2)9-3-4-19(13,14)6-9/h5,9-10H,3-4,6-7H2,1-2H3/t9-,10+/m1/s1. The Hall–Kier alpha value is -0.120. The Balaban J connectivity index is 1.98. The Kier molecular flexibility index (Phi) is 4.54. The molecule has 0 saturated carbocycles. The van der Waals surface area contributed by atoms with Gasteiger partial charge in [-0.15, -0.1) is 0 Å². The van der Waals surface area contributed by atoms with E-state index in [0.29, 0.717) is 10.7 Å². The number of nitrogens with zero attached hydrogens (tertiary/aromatic N) is 1. The molecule has 114 valence electrons. The maximum absolute atomic E-state index is 11.5. The van der Waals surface area contributed by atoms with Gasteiger partial charge < -0.3 is 4.90 Å². The highest BCUT2D eigenvalue weighted by Crippen LogP contribution is 2.31. The molecular weight excluding hydrogens is 338 g/mol. The summed E-state index contributed by atoms with van der Waals surface area (Å²) in [6.45, 7) is 1.78. The van der Waals surface area contributed by atoms with Gasteiger partial charge in [-0.3, -0.25) is 0 Å². The number of sulfone groups is 2. The third kappa shape index (κ3) is 3.75. The second-order valence-electron chi connectivity index (χ2n) is 5.23. The van der Waals surface area contributed by atoms with Gasteiger partial charge >= 0.3 is 0 Å². The van der Waals surface area contributed by atoms with Crippen LogP contribution in [0.25, 0.3) is 0 Å². The van der Waals surface area contributed by atoms with Crippen LogP contribution < -0.4 is 0 Å². The monoisotopic (exact) mass is 355 g/mol. The quantitative estimate of drug-likeness (QED) is 0.679. The van der Waals surface area contributed by atoms with Crippen molar-refractivity contribution in [1.82, 2.24) is 4.90 Å². The summed E-state index contributed by atoms with van der Waals surface area (Å²) in [7, 11) is -4.28. The van der Waals surface area contributed by atoms with Crippen molar-refractivity contribution in [1.29, 1.82) is 0 Å². The summed E-state index contributed by atoms with van der Waals surface area (Å²) in [5.41, 5.74) is 0.796. The largest absolute Gasteiger partial charge is 0.357 e. The Bertz CT molecular complexity index is 650. The predicted octanol–water partition coefficient (Wildman–Crippen LogP) is 0.824. The van der Waals surface area contributed by atoms with Crippen LogP contribution in [0.1, 0.15) is 13.3 Å². The van der Waals surface area contributed by atoms with E-state index in [1.165, 1.54) is 17.2 Å². The first-order valence-electron chi connectivity index (χ1n) is 6.14. The van der Waals surface area contributed by atoms with E-state index in [0.717, 1.165) is 5.57 Å². The van der Waals surface area contributed by atoms with E-state index in [2.05, 4.69) is 0 Å². The summed E-state index contributed by atoms with van der Waals surface area (Å²) in [4.78, 5) is 1.79. The molecule has 20 heavy (non-hydrogen) atoms. The number of thioether (sulfide) groups is 1. The molecule has 2 rings (SSSR count). The maximum atomic E-state index is 11.5. The molecular formula is C11H17NO4S4. The normalized spacial score (nSPS) is 31.0.